The van der Waals surface area contributed by atoms with Crippen LogP contribution in [0.2, 0.25) is 0 Å². The molecule has 0 spiro atoms. The molecule has 1 aliphatic carbocycles. The average Bonchev–Trinajstić information content (AvgIpc) is 2.56. The van der Waals surface area contributed by atoms with Crippen LogP contribution in [0.1, 0.15) is 32.6 Å². The molecule has 0 amide bonds. The number of unbranched alkanes of at least 4 members (excludes halogenated alkanes) is 2. The third-order valence-corrected chi connectivity index (χ3v) is 6.58. The van der Waals surface area contributed by atoms with Crippen molar-refractivity contribution >= 4 is 31.3 Å². The largest absolute Gasteiger partial charge is 0.470 e. The Labute approximate surface area is 186 Å². The smallest absolute Gasteiger partial charge is 0.387 e. The first-order chi connectivity index (χ1) is 14.6. The van der Waals surface area contributed by atoms with Crippen molar-refractivity contribution in [3.63, 3.8) is 0 Å². The molecule has 0 aromatic carbocycles. The van der Waals surface area contributed by atoms with Crippen molar-refractivity contribution in [1.82, 2.24) is 0 Å². The Kier molecular flexibility index (Phi) is 10.6. The minimum Gasteiger partial charge on any atom is -0.387 e. The van der Waals surface area contributed by atoms with Gasteiger partial charge in [-0.3, -0.25) is 18.1 Å². The van der Waals surface area contributed by atoms with Crippen molar-refractivity contribution in [3.05, 3.63) is 0 Å². The lowest BCUT2D eigenvalue weighted by Crippen LogP contribution is -2.72. The van der Waals surface area contributed by atoms with Gasteiger partial charge in [-0.25, -0.2) is 18.3 Å². The molecule has 18 nitrogen and oxygen atoms in total. The molecule has 0 radical (unpaired) electrons. The highest BCUT2D eigenvalue weighted by atomic mass is 31.2. The Hall–Kier alpha value is 0.360. The van der Waals surface area contributed by atoms with Gasteiger partial charge in [-0.1, -0.05) is 26.2 Å². The summed E-state index contributed by atoms with van der Waals surface area (Å²) in [5.41, 5.74) is -3.07. The van der Waals surface area contributed by atoms with Crippen LogP contribution in [0.5, 0.6) is 0 Å². The summed E-state index contributed by atoms with van der Waals surface area (Å²) in [6, 6.07) is 0. The van der Waals surface area contributed by atoms with E-state index in [1.165, 1.54) is 0 Å². The molecule has 0 aromatic heterocycles. The van der Waals surface area contributed by atoms with Crippen LogP contribution in [0.25, 0.3) is 0 Å². The summed E-state index contributed by atoms with van der Waals surface area (Å²) in [7, 11) is -22.7. The third-order valence-electron chi connectivity index (χ3n) is 4.48. The Morgan fingerprint density at radius 1 is 0.667 bits per heavy atom. The predicted molar refractivity (Wildman–Crippen MR) is 103 cm³/mol. The van der Waals surface area contributed by atoms with E-state index in [0.29, 0.717) is 6.42 Å². The Balaban J connectivity index is 3.85. The first kappa shape index (κ1) is 31.4. The molecule has 2 unspecified atom stereocenters. The van der Waals surface area contributed by atoms with Gasteiger partial charge in [0.15, 0.2) is 0 Å². The first-order valence-corrected chi connectivity index (χ1v) is 15.1. The Morgan fingerprint density at radius 2 is 1.06 bits per heavy atom. The molecule has 1 rings (SSSR count). The van der Waals surface area contributed by atoms with Crippen LogP contribution in [0, 0.1) is 0 Å². The summed E-state index contributed by atoms with van der Waals surface area (Å²) in [5.74, 6) is 0. The zero-order valence-electron chi connectivity index (χ0n) is 16.7. The van der Waals surface area contributed by atoms with Crippen LogP contribution >= 0.6 is 31.3 Å². The van der Waals surface area contributed by atoms with Crippen molar-refractivity contribution in [3.8, 4) is 0 Å². The molecule has 6 atom stereocenters. The summed E-state index contributed by atoms with van der Waals surface area (Å²) in [5, 5.41) is 21.1. The van der Waals surface area contributed by atoms with Gasteiger partial charge < -0.3 is 49.4 Å². The van der Waals surface area contributed by atoms with Crippen molar-refractivity contribution in [2.45, 2.75) is 68.7 Å². The molecule has 0 saturated heterocycles. The lowest BCUT2D eigenvalue weighted by Gasteiger charge is -2.53. The van der Waals surface area contributed by atoms with Crippen LogP contribution in [0.3, 0.4) is 0 Å². The van der Waals surface area contributed by atoms with Gasteiger partial charge in [0.1, 0.15) is 36.1 Å². The summed E-state index contributed by atoms with van der Waals surface area (Å²) < 4.78 is 63.7. The third kappa shape index (κ3) is 9.73. The van der Waals surface area contributed by atoms with Gasteiger partial charge in [0.2, 0.25) is 0 Å². The van der Waals surface area contributed by atoms with Gasteiger partial charge in [0.25, 0.3) is 0 Å². The number of phosphoric acid groups is 4. The standard InChI is InChI=1S/C11H26O18P4/c1-2-3-4-5-11(29-33(23,24)25)9(27-31(17,18)19)6(12)8(26-30(14,15)16)7(13)10(11)28-32(20,21)22/h6-10,12-13H,2-5H2,1H3,(H2,14,15,16)(H2,17,18,19)(H2,20,21,22)(H2,23,24,25)/t6-,7-,8?,9-,10+,11?/m0/s1. The van der Waals surface area contributed by atoms with Crippen LogP contribution in [0.4, 0.5) is 0 Å². The molecule has 22 heteroatoms. The topological polar surface area (TPSA) is 308 Å². The normalized spacial score (nSPS) is 32.2. The van der Waals surface area contributed by atoms with E-state index >= 15 is 0 Å². The molecule has 0 aliphatic heterocycles. The van der Waals surface area contributed by atoms with Crippen molar-refractivity contribution < 1.29 is 85.7 Å². The molecular weight excluding hydrogens is 544 g/mol. The number of aliphatic hydroxyl groups is 2. The fourth-order valence-electron chi connectivity index (χ4n) is 3.48. The van der Waals surface area contributed by atoms with Crippen molar-refractivity contribution in [2.75, 3.05) is 0 Å². The fraction of sp³-hybridized carbons (Fsp3) is 1.00. The molecule has 0 aromatic rings. The van der Waals surface area contributed by atoms with E-state index in [-0.39, 0.29) is 12.8 Å². The van der Waals surface area contributed by atoms with E-state index in [2.05, 4.69) is 18.1 Å². The molecule has 0 heterocycles. The summed E-state index contributed by atoms with van der Waals surface area (Å²) in [4.78, 5) is 74.0. The van der Waals surface area contributed by atoms with Crippen molar-refractivity contribution in [2.24, 2.45) is 0 Å². The molecule has 0 bridgehead atoms. The number of phosphoric ester groups is 4. The average molecular weight is 570 g/mol. The molecule has 198 valence electrons. The molecule has 1 aliphatic rings. The highest BCUT2D eigenvalue weighted by Crippen LogP contribution is 2.57. The number of hydrogen-bond acceptors (Lipinski definition) is 10. The first-order valence-electron chi connectivity index (χ1n) is 8.96. The molecule has 10 N–H and O–H groups in total. The lowest BCUT2D eigenvalue weighted by atomic mass is 9.72. The quantitative estimate of drug-likeness (QED) is 0.0951. The highest BCUT2D eigenvalue weighted by molar-refractivity contribution is 7.47. The number of hydrogen-bond donors (Lipinski definition) is 10. The second-order valence-electron chi connectivity index (χ2n) is 7.07. The highest BCUT2D eigenvalue weighted by Gasteiger charge is 2.66. The fourth-order valence-corrected chi connectivity index (χ4v) is 5.98. The Morgan fingerprint density at radius 3 is 1.36 bits per heavy atom. The Bertz CT molecular complexity index is 800. The van der Waals surface area contributed by atoms with Crippen LogP contribution in [-0.2, 0) is 36.4 Å². The number of aliphatic hydroxyl groups excluding tert-OH is 2. The van der Waals surface area contributed by atoms with Gasteiger partial charge in [-0.05, 0) is 6.42 Å². The predicted octanol–water partition coefficient (Wildman–Crippen LogP) is -1.42. The molecule has 33 heavy (non-hydrogen) atoms. The van der Waals surface area contributed by atoms with E-state index < -0.39 is 73.8 Å². The molecule has 1 fully saturated rings. The van der Waals surface area contributed by atoms with Crippen molar-refractivity contribution in [1.29, 1.82) is 0 Å². The van der Waals surface area contributed by atoms with Gasteiger partial charge in [-0.2, -0.15) is 0 Å². The maximum absolute atomic E-state index is 11.7. The van der Waals surface area contributed by atoms with Crippen LogP contribution in [0.15, 0.2) is 0 Å². The van der Waals surface area contributed by atoms with E-state index in [1.807, 2.05) is 0 Å². The maximum atomic E-state index is 11.7. The van der Waals surface area contributed by atoms with Gasteiger partial charge in [-0.15, -0.1) is 0 Å². The zero-order valence-corrected chi connectivity index (χ0v) is 20.3. The SMILES string of the molecule is CCCCCC1(OP(=O)(O)O)[C@H](OP(=O)(O)O)[C@@H](O)C(OP(=O)(O)O)[C@H](O)[C@@H]1OP(=O)(O)O. The second kappa shape index (κ2) is 11.2. The van der Waals surface area contributed by atoms with E-state index in [9.17, 15) is 57.8 Å². The minimum atomic E-state index is -5.75. The summed E-state index contributed by atoms with van der Waals surface area (Å²) >= 11 is 0. The van der Waals surface area contributed by atoms with Crippen LogP contribution < -0.4 is 0 Å². The van der Waals surface area contributed by atoms with Gasteiger partial charge in [0, 0.05) is 0 Å². The van der Waals surface area contributed by atoms with Gasteiger partial charge >= 0.3 is 31.3 Å². The number of rotatable bonds is 12. The summed E-state index contributed by atoms with van der Waals surface area (Å²) in [6.07, 6.45) is -13.6. The maximum Gasteiger partial charge on any atom is 0.470 e. The van der Waals surface area contributed by atoms with E-state index in [4.69, 9.17) is 9.79 Å². The molecule has 1 saturated carbocycles. The van der Waals surface area contributed by atoms with E-state index in [0.717, 1.165) is 0 Å². The summed E-state index contributed by atoms with van der Waals surface area (Å²) in [6.45, 7) is 1.66. The van der Waals surface area contributed by atoms with Crippen LogP contribution in [-0.4, -0.2) is 85.5 Å². The second-order valence-corrected chi connectivity index (χ2v) is 11.8. The lowest BCUT2D eigenvalue weighted by molar-refractivity contribution is -0.253. The zero-order chi connectivity index (χ0) is 26.0. The molecular formula is C11H26O18P4. The minimum absolute atomic E-state index is 0.137. The monoisotopic (exact) mass is 570 g/mol. The van der Waals surface area contributed by atoms with E-state index in [1.54, 1.807) is 6.92 Å². The van der Waals surface area contributed by atoms with Gasteiger partial charge in [0.05, 0.1) is 0 Å².